The van der Waals surface area contributed by atoms with Gasteiger partial charge in [-0.05, 0) is 30.2 Å². The summed E-state index contributed by atoms with van der Waals surface area (Å²) in [6.45, 7) is 5.11. The maximum absolute atomic E-state index is 9.04. The molecule has 0 bridgehead atoms. The third-order valence-corrected chi connectivity index (χ3v) is 2.59. The third kappa shape index (κ3) is 4.03. The molecule has 0 aliphatic heterocycles. The van der Waals surface area contributed by atoms with E-state index in [0.717, 1.165) is 16.6 Å². The van der Waals surface area contributed by atoms with Crippen molar-refractivity contribution in [1.82, 2.24) is 5.32 Å². The predicted molar refractivity (Wildman–Crippen MR) is 65.3 cm³/mol. The minimum absolute atomic E-state index is 0.208. The van der Waals surface area contributed by atoms with E-state index in [1.807, 2.05) is 24.3 Å². The fraction of sp³-hybridized carbons (Fsp3) is 0.417. The molecule has 1 rings (SSSR count). The number of nitriles is 1. The largest absolute Gasteiger partial charge is 0.298 e. The third-order valence-electron chi connectivity index (χ3n) is 2.06. The van der Waals surface area contributed by atoms with Gasteiger partial charge in [0.15, 0.2) is 0 Å². The summed E-state index contributed by atoms with van der Waals surface area (Å²) in [6.07, 6.45) is 0. The molecule has 0 saturated carbocycles. The van der Waals surface area contributed by atoms with Crippen molar-refractivity contribution in [1.29, 1.82) is 5.26 Å². The molecular weight excluding hydrogens is 252 g/mol. The highest BCUT2D eigenvalue weighted by Gasteiger charge is 2.09. The van der Waals surface area contributed by atoms with Gasteiger partial charge < -0.3 is 0 Å². The van der Waals surface area contributed by atoms with E-state index in [0.29, 0.717) is 5.92 Å². The van der Waals surface area contributed by atoms with Crippen LogP contribution in [0.5, 0.6) is 0 Å². The lowest BCUT2D eigenvalue weighted by Crippen LogP contribution is -2.24. The van der Waals surface area contributed by atoms with E-state index < -0.39 is 0 Å². The Morgan fingerprint density at radius 3 is 2.40 bits per heavy atom. The van der Waals surface area contributed by atoms with Crippen LogP contribution in [0.4, 0.5) is 0 Å². The van der Waals surface area contributed by atoms with Crippen molar-refractivity contribution in [2.45, 2.75) is 19.9 Å². The monoisotopic (exact) mass is 266 g/mol. The summed E-state index contributed by atoms with van der Waals surface area (Å²) in [5.41, 5.74) is 1.02. The van der Waals surface area contributed by atoms with Crippen LogP contribution in [0.15, 0.2) is 28.7 Å². The van der Waals surface area contributed by atoms with Crippen molar-refractivity contribution in [3.63, 3.8) is 0 Å². The molecule has 0 aromatic heterocycles. The Morgan fingerprint density at radius 2 is 1.93 bits per heavy atom. The first-order valence-electron chi connectivity index (χ1n) is 5.02. The number of nitrogens with zero attached hydrogens (tertiary/aromatic N) is 1. The molecular formula is C12H15BrN2. The normalized spacial score (nSPS) is 12.5. The fourth-order valence-corrected chi connectivity index (χ4v) is 1.51. The molecule has 15 heavy (non-hydrogen) atoms. The van der Waals surface area contributed by atoms with Gasteiger partial charge in [0, 0.05) is 4.47 Å². The Balaban J connectivity index is 2.67. The molecule has 0 fully saturated rings. The zero-order valence-electron chi connectivity index (χ0n) is 9.00. The first-order valence-corrected chi connectivity index (χ1v) is 5.81. The molecule has 0 heterocycles. The Hall–Kier alpha value is -0.850. The van der Waals surface area contributed by atoms with Crippen LogP contribution in [0.1, 0.15) is 25.5 Å². The van der Waals surface area contributed by atoms with Crippen molar-refractivity contribution in [3.05, 3.63) is 34.3 Å². The van der Waals surface area contributed by atoms with Crippen molar-refractivity contribution in [2.75, 3.05) is 6.54 Å². The summed E-state index contributed by atoms with van der Waals surface area (Å²) in [7, 11) is 0. The lowest BCUT2D eigenvalue weighted by molar-refractivity contribution is 0.525. The highest BCUT2D eigenvalue weighted by molar-refractivity contribution is 9.10. The number of rotatable bonds is 4. The number of hydrogen-bond acceptors (Lipinski definition) is 2. The van der Waals surface area contributed by atoms with E-state index in [4.69, 9.17) is 5.26 Å². The van der Waals surface area contributed by atoms with E-state index in [1.165, 1.54) is 0 Å². The van der Waals surface area contributed by atoms with Crippen molar-refractivity contribution in [2.24, 2.45) is 5.92 Å². The summed E-state index contributed by atoms with van der Waals surface area (Å²) in [5.74, 6) is 0.552. The second-order valence-corrected chi connectivity index (χ2v) is 4.83. The van der Waals surface area contributed by atoms with Crippen molar-refractivity contribution >= 4 is 15.9 Å². The van der Waals surface area contributed by atoms with E-state index in [9.17, 15) is 0 Å². The number of benzene rings is 1. The van der Waals surface area contributed by atoms with Crippen molar-refractivity contribution in [3.8, 4) is 6.07 Å². The maximum Gasteiger partial charge on any atom is 0.121 e. The van der Waals surface area contributed by atoms with Gasteiger partial charge in [-0.1, -0.05) is 41.9 Å². The quantitative estimate of drug-likeness (QED) is 0.908. The molecule has 1 atom stereocenters. The van der Waals surface area contributed by atoms with Crippen LogP contribution < -0.4 is 5.32 Å². The molecule has 0 aliphatic carbocycles. The van der Waals surface area contributed by atoms with Gasteiger partial charge in [-0.3, -0.25) is 5.32 Å². The van der Waals surface area contributed by atoms with Gasteiger partial charge >= 0.3 is 0 Å². The standard InChI is InChI=1S/C12H15BrN2/c1-9(2)8-15-12(7-14)10-3-5-11(13)6-4-10/h3-6,9,12,15H,8H2,1-2H3. The lowest BCUT2D eigenvalue weighted by atomic mass is 10.1. The summed E-state index contributed by atoms with van der Waals surface area (Å²) in [4.78, 5) is 0. The van der Waals surface area contributed by atoms with Gasteiger partial charge in [-0.25, -0.2) is 0 Å². The minimum atomic E-state index is -0.208. The summed E-state index contributed by atoms with van der Waals surface area (Å²) < 4.78 is 1.03. The molecule has 1 N–H and O–H groups in total. The van der Waals surface area contributed by atoms with Crippen LogP contribution >= 0.6 is 15.9 Å². The molecule has 2 nitrogen and oxygen atoms in total. The molecule has 80 valence electrons. The molecule has 3 heteroatoms. The average molecular weight is 267 g/mol. The van der Waals surface area contributed by atoms with Crippen LogP contribution in [0.3, 0.4) is 0 Å². The van der Waals surface area contributed by atoms with Crippen LogP contribution in [-0.2, 0) is 0 Å². The molecule has 1 aromatic carbocycles. The smallest absolute Gasteiger partial charge is 0.121 e. The van der Waals surface area contributed by atoms with Gasteiger partial charge in [0.1, 0.15) is 6.04 Å². The Kier molecular flexibility index (Phi) is 4.80. The zero-order valence-corrected chi connectivity index (χ0v) is 10.6. The maximum atomic E-state index is 9.04. The first kappa shape index (κ1) is 12.2. The summed E-state index contributed by atoms with van der Waals surface area (Å²) in [6, 6.07) is 9.90. The fourth-order valence-electron chi connectivity index (χ4n) is 1.25. The van der Waals surface area contributed by atoms with E-state index in [1.54, 1.807) is 0 Å². The van der Waals surface area contributed by atoms with Gasteiger partial charge in [0.2, 0.25) is 0 Å². The van der Waals surface area contributed by atoms with Crippen LogP contribution in [-0.4, -0.2) is 6.54 Å². The number of hydrogen-bond donors (Lipinski definition) is 1. The van der Waals surface area contributed by atoms with Crippen LogP contribution in [0.25, 0.3) is 0 Å². The van der Waals surface area contributed by atoms with Crippen LogP contribution in [0, 0.1) is 17.2 Å². The van der Waals surface area contributed by atoms with Gasteiger partial charge in [-0.15, -0.1) is 0 Å². The molecule has 1 aromatic rings. The Bertz CT molecular complexity index is 338. The van der Waals surface area contributed by atoms with E-state index in [2.05, 4.69) is 41.2 Å². The number of halogens is 1. The van der Waals surface area contributed by atoms with Gasteiger partial charge in [0.05, 0.1) is 6.07 Å². The second-order valence-electron chi connectivity index (χ2n) is 3.92. The van der Waals surface area contributed by atoms with Gasteiger partial charge in [0.25, 0.3) is 0 Å². The highest BCUT2D eigenvalue weighted by Crippen LogP contribution is 2.16. The highest BCUT2D eigenvalue weighted by atomic mass is 79.9. The molecule has 0 aliphatic rings. The molecule has 0 spiro atoms. The predicted octanol–water partition coefficient (Wildman–Crippen LogP) is 3.26. The van der Waals surface area contributed by atoms with E-state index >= 15 is 0 Å². The minimum Gasteiger partial charge on any atom is -0.298 e. The average Bonchev–Trinajstić information content (AvgIpc) is 2.21. The lowest BCUT2D eigenvalue weighted by Gasteiger charge is -2.13. The second kappa shape index (κ2) is 5.89. The molecule has 0 saturated heterocycles. The first-order chi connectivity index (χ1) is 7.13. The molecule has 1 unspecified atom stereocenters. The van der Waals surface area contributed by atoms with Gasteiger partial charge in [-0.2, -0.15) is 5.26 Å². The topological polar surface area (TPSA) is 35.8 Å². The van der Waals surface area contributed by atoms with Crippen LogP contribution in [0.2, 0.25) is 0 Å². The zero-order chi connectivity index (χ0) is 11.3. The number of nitrogens with one attached hydrogen (secondary N) is 1. The summed E-state index contributed by atoms with van der Waals surface area (Å²) >= 11 is 3.38. The molecule has 0 radical (unpaired) electrons. The Labute approximate surface area is 99.4 Å². The summed E-state index contributed by atoms with van der Waals surface area (Å²) in [5, 5.41) is 12.3. The van der Waals surface area contributed by atoms with Crippen molar-refractivity contribution < 1.29 is 0 Å². The SMILES string of the molecule is CC(C)CNC(C#N)c1ccc(Br)cc1. The molecule has 0 amide bonds. The Morgan fingerprint density at radius 1 is 1.33 bits per heavy atom. The van der Waals surface area contributed by atoms with E-state index in [-0.39, 0.29) is 6.04 Å².